The number of aromatic amines is 1. The third-order valence-corrected chi connectivity index (χ3v) is 5.61. The molecule has 3 rings (SSSR count). The van der Waals surface area contributed by atoms with Gasteiger partial charge in [-0.15, -0.1) is 6.42 Å². The number of carbonyl (C=O) groups excluding carboxylic acids is 3. The maximum Gasteiger partial charge on any atom is 0.413 e. The molecule has 0 fully saturated rings. The molecule has 0 spiro atoms. The van der Waals surface area contributed by atoms with Crippen LogP contribution in [0, 0.1) is 12.3 Å². The first-order valence-electron chi connectivity index (χ1n) is 12.6. The number of aromatic nitrogens is 1. The number of benzene rings is 2. The van der Waals surface area contributed by atoms with E-state index < -0.39 is 41.4 Å². The monoisotopic (exact) mass is 532 g/mol. The fraction of sp³-hybridized carbons (Fsp3) is 0.367. The van der Waals surface area contributed by atoms with Gasteiger partial charge in [0.25, 0.3) is 0 Å². The van der Waals surface area contributed by atoms with E-state index in [0.29, 0.717) is 10.9 Å². The van der Waals surface area contributed by atoms with E-state index in [9.17, 15) is 14.4 Å². The first kappa shape index (κ1) is 29.3. The molecular formula is C30H36N4O5. The summed E-state index contributed by atoms with van der Waals surface area (Å²) in [5.74, 6) is 1.19. The summed E-state index contributed by atoms with van der Waals surface area (Å²) in [4.78, 5) is 44.8. The zero-order valence-electron chi connectivity index (χ0n) is 23.0. The summed E-state index contributed by atoms with van der Waals surface area (Å²) >= 11 is 0. The number of para-hydroxylation sites is 1. The van der Waals surface area contributed by atoms with E-state index in [2.05, 4.69) is 16.2 Å². The molecule has 2 aromatic carbocycles. The van der Waals surface area contributed by atoms with Crippen molar-refractivity contribution in [1.82, 2.24) is 15.2 Å². The third kappa shape index (κ3) is 8.09. The Balaban J connectivity index is 2.06. The van der Waals surface area contributed by atoms with E-state index in [1.54, 1.807) is 27.0 Å². The van der Waals surface area contributed by atoms with Gasteiger partial charge in [-0.2, -0.15) is 0 Å². The largest absolute Gasteiger partial charge is 0.458 e. The highest BCUT2D eigenvalue weighted by Crippen LogP contribution is 2.30. The highest BCUT2D eigenvalue weighted by molar-refractivity contribution is 5.95. The molecular weight excluding hydrogens is 496 g/mol. The van der Waals surface area contributed by atoms with E-state index in [4.69, 9.17) is 21.6 Å². The molecule has 0 aliphatic carbocycles. The molecule has 9 heteroatoms. The number of terminal acetylenes is 1. The topological polar surface area (TPSA) is 127 Å². The van der Waals surface area contributed by atoms with Gasteiger partial charge in [-0.05, 0) is 46.2 Å². The number of rotatable bonds is 9. The third-order valence-electron chi connectivity index (χ3n) is 5.61. The minimum absolute atomic E-state index is 0.178. The molecule has 1 heterocycles. The first-order valence-corrected chi connectivity index (χ1v) is 12.6. The van der Waals surface area contributed by atoms with Crippen LogP contribution in [0.3, 0.4) is 0 Å². The number of nitrogens with one attached hydrogen (secondary N) is 2. The fourth-order valence-electron chi connectivity index (χ4n) is 4.08. The van der Waals surface area contributed by atoms with Crippen molar-refractivity contribution < 1.29 is 23.9 Å². The Morgan fingerprint density at radius 1 is 1.03 bits per heavy atom. The molecule has 0 bridgehead atoms. The second-order valence-corrected chi connectivity index (χ2v) is 10.8. The van der Waals surface area contributed by atoms with Gasteiger partial charge in [0.05, 0.1) is 6.54 Å². The summed E-state index contributed by atoms with van der Waals surface area (Å²) in [5, 5.41) is 3.53. The Bertz CT molecular complexity index is 1350. The molecule has 0 aliphatic rings. The lowest BCUT2D eigenvalue weighted by Crippen LogP contribution is -2.52. The fourth-order valence-corrected chi connectivity index (χ4v) is 4.08. The van der Waals surface area contributed by atoms with Crippen LogP contribution in [0.4, 0.5) is 4.79 Å². The Kier molecular flexibility index (Phi) is 9.04. The predicted molar refractivity (Wildman–Crippen MR) is 149 cm³/mol. The van der Waals surface area contributed by atoms with Crippen molar-refractivity contribution in [2.75, 3.05) is 6.54 Å². The van der Waals surface area contributed by atoms with E-state index in [-0.39, 0.29) is 13.0 Å². The minimum atomic E-state index is -1.32. The van der Waals surface area contributed by atoms with Gasteiger partial charge >= 0.3 is 12.1 Å². The number of hydrogen-bond acceptors (Lipinski definition) is 6. The van der Waals surface area contributed by atoms with Gasteiger partial charge in [-0.3, -0.25) is 15.4 Å². The molecule has 0 radical (unpaired) electrons. The highest BCUT2D eigenvalue weighted by Gasteiger charge is 2.38. The molecule has 0 saturated heterocycles. The molecule has 2 atom stereocenters. The summed E-state index contributed by atoms with van der Waals surface area (Å²) in [6.07, 6.45) is 6.56. The van der Waals surface area contributed by atoms with Crippen molar-refractivity contribution in [3.8, 4) is 12.3 Å². The second kappa shape index (κ2) is 12.0. The van der Waals surface area contributed by atoms with Crippen LogP contribution in [0.15, 0.2) is 60.8 Å². The van der Waals surface area contributed by atoms with Gasteiger partial charge < -0.3 is 19.8 Å². The van der Waals surface area contributed by atoms with Crippen LogP contribution in [-0.4, -0.2) is 51.8 Å². The smallest absolute Gasteiger partial charge is 0.413 e. The summed E-state index contributed by atoms with van der Waals surface area (Å²) in [5.41, 5.74) is 5.89. The van der Waals surface area contributed by atoms with Crippen LogP contribution >= 0.6 is 0 Å². The van der Waals surface area contributed by atoms with Crippen molar-refractivity contribution in [2.24, 2.45) is 5.73 Å². The molecule has 3 aromatic rings. The van der Waals surface area contributed by atoms with Crippen LogP contribution in [0.25, 0.3) is 10.9 Å². The maximum absolute atomic E-state index is 14.1. The molecule has 2 amide bonds. The van der Waals surface area contributed by atoms with Gasteiger partial charge in [0.1, 0.15) is 17.7 Å². The molecule has 0 aliphatic heterocycles. The number of H-pyrrole nitrogens is 1. The van der Waals surface area contributed by atoms with Crippen molar-refractivity contribution in [2.45, 2.75) is 64.4 Å². The van der Waals surface area contributed by atoms with E-state index in [1.807, 2.05) is 54.6 Å². The van der Waals surface area contributed by atoms with Crippen molar-refractivity contribution in [3.63, 3.8) is 0 Å². The van der Waals surface area contributed by atoms with Crippen molar-refractivity contribution in [3.05, 3.63) is 71.9 Å². The number of fused-ring (bicyclic) bond motifs is 1. The van der Waals surface area contributed by atoms with Gasteiger partial charge in [0.15, 0.2) is 5.72 Å². The van der Waals surface area contributed by atoms with E-state index in [0.717, 1.165) is 16.0 Å². The first-order chi connectivity index (χ1) is 18.3. The predicted octanol–water partition coefficient (Wildman–Crippen LogP) is 4.04. The zero-order chi connectivity index (χ0) is 28.8. The number of carbonyl (C=O) groups is 3. The lowest BCUT2D eigenvalue weighted by molar-refractivity contribution is -0.159. The SMILES string of the molecule is C#CCN(C(=O)OC(C)(C)N)C(C(=O)N[C@H](Cc1ccccc1)C(=O)OC(C)(C)C)c1c[nH]c2ccccc12. The average molecular weight is 533 g/mol. The Morgan fingerprint density at radius 3 is 2.28 bits per heavy atom. The normalized spacial score (nSPS) is 13.2. The summed E-state index contributed by atoms with van der Waals surface area (Å²) in [7, 11) is 0. The molecule has 0 saturated carbocycles. The second-order valence-electron chi connectivity index (χ2n) is 10.8. The minimum Gasteiger partial charge on any atom is -0.458 e. The van der Waals surface area contributed by atoms with Gasteiger partial charge in [-0.25, -0.2) is 9.59 Å². The highest BCUT2D eigenvalue weighted by atomic mass is 16.6. The standard InChI is InChI=1S/C30H36N4O5/c1-7-17-34(28(37)39-30(5,6)31)25(22-19-32-23-16-12-11-15-21(22)23)26(35)33-24(27(36)38-29(2,3)4)18-20-13-9-8-10-14-20/h1,8-16,19,24-25,32H,17-18,31H2,2-6H3,(H,33,35)/t24-,25?/m1/s1. The number of amides is 2. The van der Waals surface area contributed by atoms with Crippen LogP contribution in [0.5, 0.6) is 0 Å². The van der Waals surface area contributed by atoms with Crippen molar-refractivity contribution in [1.29, 1.82) is 0 Å². The van der Waals surface area contributed by atoms with Gasteiger partial charge in [0.2, 0.25) is 5.91 Å². The number of nitrogens with zero attached hydrogens (tertiary/aromatic N) is 1. The van der Waals surface area contributed by atoms with E-state index in [1.165, 1.54) is 13.8 Å². The van der Waals surface area contributed by atoms with Crippen LogP contribution in [0.1, 0.15) is 51.8 Å². The Morgan fingerprint density at radius 2 is 1.67 bits per heavy atom. The number of esters is 1. The maximum atomic E-state index is 14.1. The summed E-state index contributed by atoms with van der Waals surface area (Å²) in [6, 6.07) is 14.3. The zero-order valence-corrected chi connectivity index (χ0v) is 23.0. The number of hydrogen-bond donors (Lipinski definition) is 3. The average Bonchev–Trinajstić information content (AvgIpc) is 3.25. The van der Waals surface area contributed by atoms with Gasteiger partial charge in [0, 0.05) is 29.1 Å². The van der Waals surface area contributed by atoms with Gasteiger partial charge in [-0.1, -0.05) is 54.5 Å². The quantitative estimate of drug-likeness (QED) is 0.217. The molecule has 39 heavy (non-hydrogen) atoms. The molecule has 206 valence electrons. The summed E-state index contributed by atoms with van der Waals surface area (Å²) in [6.45, 7) is 8.03. The molecule has 1 unspecified atom stereocenters. The lowest BCUT2D eigenvalue weighted by Gasteiger charge is -2.32. The number of nitrogens with two attached hydrogens (primary N) is 1. The van der Waals surface area contributed by atoms with Crippen LogP contribution in [-0.2, 0) is 25.5 Å². The van der Waals surface area contributed by atoms with Crippen LogP contribution < -0.4 is 11.1 Å². The summed E-state index contributed by atoms with van der Waals surface area (Å²) < 4.78 is 11.0. The number of ether oxygens (including phenoxy) is 2. The molecule has 1 aromatic heterocycles. The van der Waals surface area contributed by atoms with Crippen molar-refractivity contribution >= 4 is 28.9 Å². The Hall–Kier alpha value is -4.29. The molecule has 9 nitrogen and oxygen atoms in total. The van der Waals surface area contributed by atoms with E-state index >= 15 is 0 Å². The molecule has 4 N–H and O–H groups in total. The Labute approximate surface area is 229 Å². The van der Waals surface area contributed by atoms with Crippen LogP contribution in [0.2, 0.25) is 0 Å². The lowest BCUT2D eigenvalue weighted by atomic mass is 10.0.